The number of nitrogens with zero attached hydrogens (tertiary/aromatic N) is 1. The van der Waals surface area contributed by atoms with Crippen molar-refractivity contribution in [3.05, 3.63) is 40.8 Å². The highest BCUT2D eigenvalue weighted by Crippen LogP contribution is 2.33. The van der Waals surface area contributed by atoms with Crippen molar-refractivity contribution in [1.82, 2.24) is 4.98 Å². The average Bonchev–Trinajstić information content (AvgIpc) is 2.41. The highest BCUT2D eigenvalue weighted by molar-refractivity contribution is 6.35. The van der Waals surface area contributed by atoms with Crippen molar-refractivity contribution in [1.29, 1.82) is 0 Å². The molecular formula is C13H10ClFN2O3. The maximum absolute atomic E-state index is 13.2. The molecule has 3 N–H and O–H groups in total. The first-order valence-corrected chi connectivity index (χ1v) is 5.85. The molecule has 0 saturated carbocycles. The number of benzene rings is 1. The molecule has 7 heteroatoms. The third-order valence-corrected chi connectivity index (χ3v) is 3.03. The number of nitrogen functional groups attached to an aromatic ring is 1. The number of carbonyl (C=O) groups is 1. The molecule has 2 rings (SSSR count). The lowest BCUT2D eigenvalue weighted by molar-refractivity contribution is 0.0691. The van der Waals surface area contributed by atoms with Gasteiger partial charge in [-0.2, -0.15) is 0 Å². The lowest BCUT2D eigenvalue weighted by atomic mass is 10.1. The van der Waals surface area contributed by atoms with E-state index in [0.717, 1.165) is 0 Å². The van der Waals surface area contributed by atoms with Crippen LogP contribution < -0.4 is 10.5 Å². The maximum atomic E-state index is 13.2. The van der Waals surface area contributed by atoms with Crippen LogP contribution in [0.1, 0.15) is 10.5 Å². The maximum Gasteiger partial charge on any atom is 0.356 e. The van der Waals surface area contributed by atoms with Crippen LogP contribution in [0.5, 0.6) is 5.75 Å². The van der Waals surface area contributed by atoms with E-state index in [1.165, 1.54) is 31.4 Å². The fourth-order valence-electron chi connectivity index (χ4n) is 1.71. The number of pyridine rings is 1. The van der Waals surface area contributed by atoms with Crippen LogP contribution in [0.15, 0.2) is 24.3 Å². The number of nitrogens with two attached hydrogens (primary N) is 1. The zero-order chi connectivity index (χ0) is 14.9. The molecule has 0 atom stereocenters. The summed E-state index contributed by atoms with van der Waals surface area (Å²) in [7, 11) is 1.37. The van der Waals surface area contributed by atoms with Gasteiger partial charge in [-0.15, -0.1) is 0 Å². The largest absolute Gasteiger partial charge is 0.496 e. The van der Waals surface area contributed by atoms with Crippen molar-refractivity contribution < 1.29 is 19.0 Å². The van der Waals surface area contributed by atoms with E-state index in [0.29, 0.717) is 5.56 Å². The standard InChI is InChI=1S/C13H10ClFN2O3/c1-20-10-4-6(15)2-3-7(10)9-5-8(16)11(14)12(17-9)13(18)19/h2-5H,1H3,(H2,16,17)(H,18,19). The van der Waals surface area contributed by atoms with Crippen LogP contribution in [0.4, 0.5) is 10.1 Å². The highest BCUT2D eigenvalue weighted by atomic mass is 35.5. The fourth-order valence-corrected chi connectivity index (χ4v) is 1.88. The minimum atomic E-state index is -1.30. The minimum Gasteiger partial charge on any atom is -0.496 e. The SMILES string of the molecule is COc1cc(F)ccc1-c1cc(N)c(Cl)c(C(=O)O)n1. The van der Waals surface area contributed by atoms with E-state index in [-0.39, 0.29) is 27.8 Å². The number of carboxylic acids is 1. The summed E-state index contributed by atoms with van der Waals surface area (Å²) in [6.07, 6.45) is 0. The minimum absolute atomic E-state index is 0.0699. The molecule has 0 aliphatic carbocycles. The summed E-state index contributed by atoms with van der Waals surface area (Å²) >= 11 is 5.79. The Labute approximate surface area is 118 Å². The zero-order valence-electron chi connectivity index (χ0n) is 10.4. The lowest BCUT2D eigenvalue weighted by Gasteiger charge is -2.10. The van der Waals surface area contributed by atoms with E-state index in [2.05, 4.69) is 4.98 Å². The van der Waals surface area contributed by atoms with Crippen molar-refractivity contribution in [2.24, 2.45) is 0 Å². The van der Waals surface area contributed by atoms with Crippen molar-refractivity contribution in [2.45, 2.75) is 0 Å². The molecule has 1 aromatic carbocycles. The van der Waals surface area contributed by atoms with Crippen LogP contribution in [0.2, 0.25) is 5.02 Å². The summed E-state index contributed by atoms with van der Waals surface area (Å²) in [5, 5.41) is 8.90. The van der Waals surface area contributed by atoms with Crippen molar-refractivity contribution in [2.75, 3.05) is 12.8 Å². The molecule has 0 saturated heterocycles. The first-order valence-electron chi connectivity index (χ1n) is 5.47. The molecule has 0 bridgehead atoms. The predicted molar refractivity (Wildman–Crippen MR) is 72.6 cm³/mol. The van der Waals surface area contributed by atoms with Crippen molar-refractivity contribution in [3.8, 4) is 17.0 Å². The van der Waals surface area contributed by atoms with Crippen molar-refractivity contribution >= 4 is 23.3 Å². The van der Waals surface area contributed by atoms with Gasteiger partial charge in [0.25, 0.3) is 0 Å². The van der Waals surface area contributed by atoms with E-state index in [4.69, 9.17) is 27.2 Å². The Balaban J connectivity index is 2.67. The number of methoxy groups -OCH3 is 1. The molecule has 0 fully saturated rings. The van der Waals surface area contributed by atoms with Gasteiger partial charge in [0.1, 0.15) is 11.6 Å². The summed E-state index contributed by atoms with van der Waals surface area (Å²) in [5.74, 6) is -1.56. The van der Waals surface area contributed by atoms with Crippen molar-refractivity contribution in [3.63, 3.8) is 0 Å². The summed E-state index contributed by atoms with van der Waals surface area (Å²) in [4.78, 5) is 15.0. The van der Waals surface area contributed by atoms with Gasteiger partial charge in [-0.05, 0) is 18.2 Å². The third-order valence-electron chi connectivity index (χ3n) is 2.63. The molecule has 1 aromatic heterocycles. The Kier molecular flexibility index (Phi) is 3.76. The molecule has 0 aliphatic rings. The highest BCUT2D eigenvalue weighted by Gasteiger charge is 2.18. The number of aromatic carboxylic acids is 1. The molecule has 5 nitrogen and oxygen atoms in total. The fraction of sp³-hybridized carbons (Fsp3) is 0.0769. The third kappa shape index (κ3) is 2.50. The Morgan fingerprint density at radius 2 is 2.15 bits per heavy atom. The molecule has 0 spiro atoms. The van der Waals surface area contributed by atoms with E-state index in [1.807, 2.05) is 0 Å². The predicted octanol–water partition coefficient (Wildman–Crippen LogP) is 2.83. The molecule has 0 unspecified atom stereocenters. The molecule has 0 aliphatic heterocycles. The number of carboxylic acid groups (broad SMARTS) is 1. The second-order valence-electron chi connectivity index (χ2n) is 3.91. The molecule has 104 valence electrons. The van der Waals surface area contributed by atoms with Gasteiger partial charge >= 0.3 is 5.97 Å². The first kappa shape index (κ1) is 14.1. The van der Waals surface area contributed by atoms with Crippen LogP contribution in [0.25, 0.3) is 11.3 Å². The Morgan fingerprint density at radius 3 is 2.75 bits per heavy atom. The van der Waals surface area contributed by atoms with Gasteiger partial charge < -0.3 is 15.6 Å². The summed E-state index contributed by atoms with van der Waals surface area (Å²) in [6.45, 7) is 0. The average molecular weight is 297 g/mol. The molecular weight excluding hydrogens is 287 g/mol. The van der Waals surface area contributed by atoms with E-state index in [1.54, 1.807) is 0 Å². The van der Waals surface area contributed by atoms with Gasteiger partial charge in [-0.1, -0.05) is 11.6 Å². The number of hydrogen-bond acceptors (Lipinski definition) is 4. The summed E-state index contributed by atoms with van der Waals surface area (Å²) < 4.78 is 18.2. The summed E-state index contributed by atoms with van der Waals surface area (Å²) in [5.41, 5.74) is 6.02. The molecule has 1 heterocycles. The van der Waals surface area contributed by atoms with Crippen LogP contribution >= 0.6 is 11.6 Å². The van der Waals surface area contributed by atoms with Gasteiger partial charge in [0, 0.05) is 11.6 Å². The lowest BCUT2D eigenvalue weighted by Crippen LogP contribution is -2.05. The Hall–Kier alpha value is -2.34. The number of anilines is 1. The summed E-state index contributed by atoms with van der Waals surface area (Å²) in [6, 6.07) is 5.22. The smallest absolute Gasteiger partial charge is 0.356 e. The number of ether oxygens (including phenoxy) is 1. The van der Waals surface area contributed by atoms with Gasteiger partial charge in [-0.3, -0.25) is 0 Å². The van der Waals surface area contributed by atoms with Crippen LogP contribution in [-0.2, 0) is 0 Å². The second kappa shape index (κ2) is 5.34. The van der Waals surface area contributed by atoms with Crippen LogP contribution in [0, 0.1) is 5.82 Å². The van der Waals surface area contributed by atoms with E-state index in [9.17, 15) is 9.18 Å². The molecule has 0 radical (unpaired) electrons. The first-order chi connectivity index (χ1) is 9.43. The quantitative estimate of drug-likeness (QED) is 0.909. The number of rotatable bonds is 3. The van der Waals surface area contributed by atoms with E-state index < -0.39 is 11.8 Å². The van der Waals surface area contributed by atoms with E-state index >= 15 is 0 Å². The number of aromatic nitrogens is 1. The van der Waals surface area contributed by atoms with Crippen LogP contribution in [-0.4, -0.2) is 23.2 Å². The Bertz CT molecular complexity index is 692. The topological polar surface area (TPSA) is 85.4 Å². The molecule has 0 amide bonds. The van der Waals surface area contributed by atoms with Gasteiger partial charge in [0.15, 0.2) is 5.69 Å². The zero-order valence-corrected chi connectivity index (χ0v) is 11.1. The van der Waals surface area contributed by atoms with Gasteiger partial charge in [0.05, 0.1) is 23.5 Å². The normalized spacial score (nSPS) is 10.3. The molecule has 20 heavy (non-hydrogen) atoms. The number of halogens is 2. The number of hydrogen-bond donors (Lipinski definition) is 2. The van der Waals surface area contributed by atoms with Gasteiger partial charge in [-0.25, -0.2) is 14.2 Å². The second-order valence-corrected chi connectivity index (χ2v) is 4.29. The van der Waals surface area contributed by atoms with Gasteiger partial charge in [0.2, 0.25) is 0 Å². The monoisotopic (exact) mass is 296 g/mol. The molecule has 2 aromatic rings. The van der Waals surface area contributed by atoms with Crippen LogP contribution in [0.3, 0.4) is 0 Å². The Morgan fingerprint density at radius 1 is 1.45 bits per heavy atom.